The standard InChI is InChI=1S/C13H17F3N2O3S/c1-9-7-18(5-4-10(9)8-22(19,20)21)12-3-2-11(6-17-12)13(14,15)16/h2-3,6,9-10H,4-5,7-8H2,1H3,(H,19,20,21)/t9-,10+/m0/s1. The first-order valence-electron chi connectivity index (χ1n) is 6.79. The molecule has 1 N–H and O–H groups in total. The Kier molecular flexibility index (Phi) is 4.67. The van der Waals surface area contributed by atoms with Gasteiger partial charge in [-0.2, -0.15) is 21.6 Å². The fraction of sp³-hybridized carbons (Fsp3) is 0.615. The SMILES string of the molecule is C[C@H]1CN(c2ccc(C(F)(F)F)cn2)CC[C@@H]1CS(=O)(=O)O. The fourth-order valence-corrected chi connectivity index (χ4v) is 3.70. The van der Waals surface area contributed by atoms with Crippen molar-refractivity contribution >= 4 is 15.9 Å². The third-order valence-electron chi connectivity index (χ3n) is 3.91. The third-order valence-corrected chi connectivity index (χ3v) is 4.76. The summed E-state index contributed by atoms with van der Waals surface area (Å²) < 4.78 is 68.3. The van der Waals surface area contributed by atoms with Gasteiger partial charge in [-0.1, -0.05) is 6.92 Å². The van der Waals surface area contributed by atoms with E-state index in [1.807, 2.05) is 11.8 Å². The Morgan fingerprint density at radius 1 is 1.41 bits per heavy atom. The summed E-state index contributed by atoms with van der Waals surface area (Å²) in [7, 11) is -4.02. The maximum Gasteiger partial charge on any atom is 0.417 e. The second-order valence-corrected chi connectivity index (χ2v) is 7.12. The number of hydrogen-bond donors (Lipinski definition) is 1. The lowest BCUT2D eigenvalue weighted by molar-refractivity contribution is -0.137. The van der Waals surface area contributed by atoms with Gasteiger partial charge >= 0.3 is 6.18 Å². The fourth-order valence-electron chi connectivity index (χ4n) is 2.66. The number of pyridine rings is 1. The van der Waals surface area contributed by atoms with Gasteiger partial charge in [-0.15, -0.1) is 0 Å². The van der Waals surface area contributed by atoms with Crippen molar-refractivity contribution in [2.45, 2.75) is 19.5 Å². The van der Waals surface area contributed by atoms with Gasteiger partial charge in [-0.25, -0.2) is 4.98 Å². The molecule has 1 aromatic rings. The molecular weight excluding hydrogens is 321 g/mol. The van der Waals surface area contributed by atoms with Crippen molar-refractivity contribution in [2.24, 2.45) is 11.8 Å². The van der Waals surface area contributed by atoms with Crippen LogP contribution < -0.4 is 4.90 Å². The Bertz CT molecular complexity index is 616. The molecular formula is C13H17F3N2O3S. The Labute approximate surface area is 126 Å². The van der Waals surface area contributed by atoms with Crippen LogP contribution in [0, 0.1) is 11.8 Å². The molecule has 0 spiro atoms. The molecule has 0 unspecified atom stereocenters. The van der Waals surface area contributed by atoms with Gasteiger partial charge in [-0.3, -0.25) is 4.55 Å². The summed E-state index contributed by atoms with van der Waals surface area (Å²) >= 11 is 0. The molecule has 0 radical (unpaired) electrons. The van der Waals surface area contributed by atoms with Crippen LogP contribution in [0.2, 0.25) is 0 Å². The first kappa shape index (κ1) is 17.0. The van der Waals surface area contributed by atoms with Crippen LogP contribution in [-0.4, -0.2) is 36.8 Å². The molecule has 1 fully saturated rings. The van der Waals surface area contributed by atoms with Crippen molar-refractivity contribution in [3.8, 4) is 0 Å². The Morgan fingerprint density at radius 3 is 2.55 bits per heavy atom. The summed E-state index contributed by atoms with van der Waals surface area (Å²) in [5.74, 6) is -0.0340. The highest BCUT2D eigenvalue weighted by Gasteiger charge is 2.32. The van der Waals surface area contributed by atoms with Crippen molar-refractivity contribution in [1.29, 1.82) is 0 Å². The minimum absolute atomic E-state index is 0.0141. The quantitative estimate of drug-likeness (QED) is 0.857. The molecule has 2 rings (SSSR count). The average Bonchev–Trinajstić information content (AvgIpc) is 2.39. The lowest BCUT2D eigenvalue weighted by Gasteiger charge is -2.37. The third kappa shape index (κ3) is 4.33. The molecule has 1 aromatic heterocycles. The van der Waals surface area contributed by atoms with E-state index in [4.69, 9.17) is 4.55 Å². The summed E-state index contributed by atoms with van der Waals surface area (Å²) in [6, 6.07) is 2.30. The maximum atomic E-state index is 12.5. The topological polar surface area (TPSA) is 70.5 Å². The number of alkyl halides is 3. The van der Waals surface area contributed by atoms with E-state index in [-0.39, 0.29) is 17.6 Å². The van der Waals surface area contributed by atoms with E-state index >= 15 is 0 Å². The predicted octanol–water partition coefficient (Wildman–Crippen LogP) is 2.45. The molecule has 0 aliphatic carbocycles. The number of halogens is 3. The van der Waals surface area contributed by atoms with Gasteiger partial charge in [-0.05, 0) is 30.4 Å². The monoisotopic (exact) mass is 338 g/mol. The molecule has 0 aromatic carbocycles. The predicted molar refractivity (Wildman–Crippen MR) is 75.1 cm³/mol. The largest absolute Gasteiger partial charge is 0.417 e. The molecule has 1 aliphatic heterocycles. The molecule has 5 nitrogen and oxygen atoms in total. The first-order valence-corrected chi connectivity index (χ1v) is 8.40. The van der Waals surface area contributed by atoms with Crippen LogP contribution >= 0.6 is 0 Å². The van der Waals surface area contributed by atoms with Crippen LogP contribution in [0.5, 0.6) is 0 Å². The Balaban J connectivity index is 2.04. The molecule has 124 valence electrons. The number of nitrogens with zero attached hydrogens (tertiary/aromatic N) is 2. The van der Waals surface area contributed by atoms with Gasteiger partial charge in [0.05, 0.1) is 11.3 Å². The summed E-state index contributed by atoms with van der Waals surface area (Å²) in [6.07, 6.45) is -3.09. The maximum absolute atomic E-state index is 12.5. The normalized spacial score (nSPS) is 23.6. The molecule has 9 heteroatoms. The van der Waals surface area contributed by atoms with Crippen LogP contribution in [0.3, 0.4) is 0 Å². The van der Waals surface area contributed by atoms with Crippen molar-refractivity contribution in [3.05, 3.63) is 23.9 Å². The molecule has 1 aliphatic rings. The van der Waals surface area contributed by atoms with Crippen LogP contribution in [0.25, 0.3) is 0 Å². The lowest BCUT2D eigenvalue weighted by Crippen LogP contribution is -2.42. The van der Waals surface area contributed by atoms with Crippen molar-refractivity contribution in [2.75, 3.05) is 23.7 Å². The van der Waals surface area contributed by atoms with E-state index in [2.05, 4.69) is 4.98 Å². The van der Waals surface area contributed by atoms with E-state index in [0.717, 1.165) is 12.3 Å². The van der Waals surface area contributed by atoms with E-state index < -0.39 is 21.9 Å². The highest BCUT2D eigenvalue weighted by Crippen LogP contribution is 2.31. The van der Waals surface area contributed by atoms with E-state index in [9.17, 15) is 21.6 Å². The summed E-state index contributed by atoms with van der Waals surface area (Å²) in [5, 5.41) is 0. The smallest absolute Gasteiger partial charge is 0.356 e. The minimum atomic E-state index is -4.42. The van der Waals surface area contributed by atoms with Gasteiger partial charge in [0, 0.05) is 19.3 Å². The van der Waals surface area contributed by atoms with E-state index in [0.29, 0.717) is 25.3 Å². The number of hydrogen-bond acceptors (Lipinski definition) is 4. The van der Waals surface area contributed by atoms with Crippen LogP contribution in [0.15, 0.2) is 18.3 Å². The zero-order chi connectivity index (χ0) is 16.5. The number of aromatic nitrogens is 1. The molecule has 1 saturated heterocycles. The van der Waals surface area contributed by atoms with Gasteiger partial charge in [0.2, 0.25) is 0 Å². The Morgan fingerprint density at radius 2 is 2.09 bits per heavy atom. The summed E-state index contributed by atoms with van der Waals surface area (Å²) in [6.45, 7) is 2.83. The Hall–Kier alpha value is -1.35. The molecule has 0 amide bonds. The van der Waals surface area contributed by atoms with E-state index in [1.54, 1.807) is 0 Å². The highest BCUT2D eigenvalue weighted by atomic mass is 32.2. The van der Waals surface area contributed by atoms with Gasteiger partial charge < -0.3 is 4.90 Å². The van der Waals surface area contributed by atoms with Crippen LogP contribution in [-0.2, 0) is 16.3 Å². The van der Waals surface area contributed by atoms with Crippen LogP contribution in [0.4, 0.5) is 19.0 Å². The second-order valence-electron chi connectivity index (χ2n) is 5.62. The van der Waals surface area contributed by atoms with Gasteiger partial charge in [0.25, 0.3) is 10.1 Å². The van der Waals surface area contributed by atoms with Gasteiger partial charge in [0.1, 0.15) is 5.82 Å². The minimum Gasteiger partial charge on any atom is -0.356 e. The number of piperidine rings is 1. The van der Waals surface area contributed by atoms with E-state index in [1.165, 1.54) is 6.07 Å². The molecule has 2 atom stereocenters. The summed E-state index contributed by atoms with van der Waals surface area (Å²) in [4.78, 5) is 5.67. The van der Waals surface area contributed by atoms with Crippen molar-refractivity contribution in [1.82, 2.24) is 4.98 Å². The zero-order valence-electron chi connectivity index (χ0n) is 11.9. The highest BCUT2D eigenvalue weighted by molar-refractivity contribution is 7.85. The molecule has 22 heavy (non-hydrogen) atoms. The van der Waals surface area contributed by atoms with Crippen LogP contribution in [0.1, 0.15) is 18.9 Å². The zero-order valence-corrected chi connectivity index (χ0v) is 12.7. The first-order chi connectivity index (χ1) is 10.1. The average molecular weight is 338 g/mol. The van der Waals surface area contributed by atoms with Crippen molar-refractivity contribution in [3.63, 3.8) is 0 Å². The molecule has 0 bridgehead atoms. The molecule has 0 saturated carbocycles. The lowest BCUT2D eigenvalue weighted by atomic mass is 9.88. The second kappa shape index (κ2) is 6.04. The number of rotatable bonds is 3. The van der Waals surface area contributed by atoms with Crippen molar-refractivity contribution < 1.29 is 26.1 Å². The summed E-state index contributed by atoms with van der Waals surface area (Å²) in [5.41, 5.74) is -0.800. The number of anilines is 1. The molecule has 2 heterocycles. The van der Waals surface area contributed by atoms with Gasteiger partial charge in [0.15, 0.2) is 0 Å².